The van der Waals surface area contributed by atoms with Gasteiger partial charge in [0, 0.05) is 23.8 Å². The zero-order valence-corrected chi connectivity index (χ0v) is 21.2. The lowest BCUT2D eigenvalue weighted by Crippen LogP contribution is -2.42. The van der Waals surface area contributed by atoms with Crippen molar-refractivity contribution in [3.8, 4) is 5.69 Å². The summed E-state index contributed by atoms with van der Waals surface area (Å²) in [5.74, 6) is 0.503. The van der Waals surface area contributed by atoms with Crippen molar-refractivity contribution in [2.24, 2.45) is 0 Å². The van der Waals surface area contributed by atoms with Gasteiger partial charge in [-0.2, -0.15) is 0 Å². The van der Waals surface area contributed by atoms with E-state index in [-0.39, 0.29) is 11.6 Å². The number of rotatable bonds is 8. The number of hydrogen-bond acceptors (Lipinski definition) is 4. The van der Waals surface area contributed by atoms with Crippen LogP contribution in [0.15, 0.2) is 88.1 Å². The monoisotopic (exact) mass is 534 g/mol. The van der Waals surface area contributed by atoms with E-state index in [0.29, 0.717) is 47.7 Å². The van der Waals surface area contributed by atoms with Crippen molar-refractivity contribution < 1.29 is 9.53 Å². The first-order valence-corrected chi connectivity index (χ1v) is 12.2. The second kappa shape index (κ2) is 11.3. The Labute approximate surface area is 212 Å². The molecule has 1 aromatic heterocycles. The number of benzene rings is 3. The number of methoxy groups -OCH3 is 1. The van der Waals surface area contributed by atoms with E-state index in [0.717, 1.165) is 4.47 Å². The number of nitrogens with zero attached hydrogens (tertiary/aromatic N) is 3. The van der Waals surface area contributed by atoms with Gasteiger partial charge in [0.1, 0.15) is 5.82 Å². The second-order valence-electron chi connectivity index (χ2n) is 8.01. The fourth-order valence-electron chi connectivity index (χ4n) is 4.09. The average molecular weight is 535 g/mol. The van der Waals surface area contributed by atoms with Crippen molar-refractivity contribution in [3.63, 3.8) is 0 Å². The van der Waals surface area contributed by atoms with E-state index in [2.05, 4.69) is 21.2 Å². The molecule has 7 nitrogen and oxygen atoms in total. The molecule has 35 heavy (non-hydrogen) atoms. The molecule has 0 aliphatic carbocycles. The molecule has 0 spiro atoms. The number of amides is 2. The topological polar surface area (TPSA) is 76.5 Å². The lowest BCUT2D eigenvalue weighted by Gasteiger charge is -2.32. The molecule has 1 heterocycles. The Kier molecular flexibility index (Phi) is 7.94. The van der Waals surface area contributed by atoms with E-state index in [9.17, 15) is 9.59 Å². The highest BCUT2D eigenvalue weighted by molar-refractivity contribution is 9.10. The van der Waals surface area contributed by atoms with Crippen LogP contribution in [-0.2, 0) is 4.74 Å². The maximum absolute atomic E-state index is 13.7. The van der Waals surface area contributed by atoms with E-state index in [1.165, 1.54) is 0 Å². The quantitative estimate of drug-likeness (QED) is 0.311. The Balaban J connectivity index is 1.85. The van der Waals surface area contributed by atoms with Crippen LogP contribution in [0.2, 0.25) is 0 Å². The van der Waals surface area contributed by atoms with Crippen molar-refractivity contribution in [2.75, 3.05) is 25.6 Å². The first-order chi connectivity index (χ1) is 17.0. The van der Waals surface area contributed by atoms with E-state index in [1.807, 2.05) is 79.7 Å². The standard InChI is InChI=1S/C27H27BrN4O3/c1-3-24(31(16-17-35-2)27(34)29-20-11-9-10-19(28)18-20)25-30-23-15-8-7-14-22(23)26(33)32(25)21-12-5-4-6-13-21/h4-15,18,24H,3,16-17H2,1-2H3,(H,29,34). The van der Waals surface area contributed by atoms with Gasteiger partial charge in [-0.3, -0.25) is 9.36 Å². The summed E-state index contributed by atoms with van der Waals surface area (Å²) in [4.78, 5) is 33.8. The smallest absolute Gasteiger partial charge is 0.322 e. The molecule has 2 amide bonds. The number of anilines is 1. The van der Waals surface area contributed by atoms with Crippen LogP contribution in [0.5, 0.6) is 0 Å². The first kappa shape index (κ1) is 24.6. The van der Waals surface area contributed by atoms with Gasteiger partial charge in [-0.15, -0.1) is 0 Å². The molecule has 0 fully saturated rings. The van der Waals surface area contributed by atoms with Gasteiger partial charge < -0.3 is 15.0 Å². The van der Waals surface area contributed by atoms with Crippen molar-refractivity contribution >= 4 is 38.6 Å². The summed E-state index contributed by atoms with van der Waals surface area (Å²) in [7, 11) is 1.60. The Morgan fingerprint density at radius 3 is 2.54 bits per heavy atom. The summed E-state index contributed by atoms with van der Waals surface area (Å²) in [5.41, 5.74) is 1.78. The number of fused-ring (bicyclic) bond motifs is 1. The minimum absolute atomic E-state index is 0.172. The van der Waals surface area contributed by atoms with Gasteiger partial charge in [0.05, 0.1) is 29.2 Å². The molecule has 0 saturated carbocycles. The zero-order valence-electron chi connectivity index (χ0n) is 19.6. The minimum Gasteiger partial charge on any atom is -0.383 e. The number of carbonyl (C=O) groups excluding carboxylic acids is 1. The first-order valence-electron chi connectivity index (χ1n) is 11.4. The summed E-state index contributed by atoms with van der Waals surface area (Å²) in [6.45, 7) is 2.64. The van der Waals surface area contributed by atoms with Crippen molar-refractivity contribution in [1.82, 2.24) is 14.5 Å². The summed E-state index contributed by atoms with van der Waals surface area (Å²) in [6, 6.07) is 23.3. The highest BCUT2D eigenvalue weighted by atomic mass is 79.9. The molecule has 0 aliphatic heterocycles. The van der Waals surface area contributed by atoms with Gasteiger partial charge in [0.2, 0.25) is 0 Å². The Morgan fingerprint density at radius 2 is 1.83 bits per heavy atom. The third-order valence-corrected chi connectivity index (χ3v) is 6.24. The second-order valence-corrected chi connectivity index (χ2v) is 8.93. The van der Waals surface area contributed by atoms with Crippen molar-refractivity contribution in [1.29, 1.82) is 0 Å². The highest BCUT2D eigenvalue weighted by Crippen LogP contribution is 2.27. The summed E-state index contributed by atoms with van der Waals surface area (Å²) in [5, 5.41) is 3.50. The van der Waals surface area contributed by atoms with Gasteiger partial charge in [0.15, 0.2) is 0 Å². The Morgan fingerprint density at radius 1 is 1.09 bits per heavy atom. The Hall–Kier alpha value is -3.49. The molecule has 0 aliphatic rings. The van der Waals surface area contributed by atoms with Crippen LogP contribution in [-0.4, -0.2) is 40.7 Å². The molecule has 0 radical (unpaired) electrons. The largest absolute Gasteiger partial charge is 0.383 e. The number of aromatic nitrogens is 2. The maximum atomic E-state index is 13.7. The minimum atomic E-state index is -0.477. The number of urea groups is 1. The lowest BCUT2D eigenvalue weighted by molar-refractivity contribution is 0.131. The van der Waals surface area contributed by atoms with E-state index < -0.39 is 6.04 Å². The summed E-state index contributed by atoms with van der Waals surface area (Å²) in [6.07, 6.45) is 0.549. The van der Waals surface area contributed by atoms with E-state index in [4.69, 9.17) is 9.72 Å². The molecule has 4 aromatic rings. The normalized spacial score (nSPS) is 11.9. The lowest BCUT2D eigenvalue weighted by atomic mass is 10.1. The van der Waals surface area contributed by atoms with Gasteiger partial charge in [-0.05, 0) is 48.9 Å². The molecule has 0 saturated heterocycles. The number of nitrogens with one attached hydrogen (secondary N) is 1. The molecular weight excluding hydrogens is 508 g/mol. The number of para-hydroxylation sites is 2. The highest BCUT2D eigenvalue weighted by Gasteiger charge is 2.29. The number of hydrogen-bond donors (Lipinski definition) is 1. The van der Waals surface area contributed by atoms with Crippen LogP contribution in [0.25, 0.3) is 16.6 Å². The molecule has 3 aromatic carbocycles. The van der Waals surface area contributed by atoms with Crippen LogP contribution >= 0.6 is 15.9 Å². The molecule has 1 atom stereocenters. The fourth-order valence-corrected chi connectivity index (χ4v) is 4.49. The van der Waals surface area contributed by atoms with Gasteiger partial charge in [0.25, 0.3) is 5.56 Å². The molecule has 1 unspecified atom stereocenters. The summed E-state index contributed by atoms with van der Waals surface area (Å²) < 4.78 is 7.79. The van der Waals surface area contributed by atoms with Crippen molar-refractivity contribution in [2.45, 2.75) is 19.4 Å². The van der Waals surface area contributed by atoms with E-state index in [1.54, 1.807) is 22.6 Å². The molecule has 180 valence electrons. The van der Waals surface area contributed by atoms with Gasteiger partial charge >= 0.3 is 6.03 Å². The average Bonchev–Trinajstić information content (AvgIpc) is 2.87. The maximum Gasteiger partial charge on any atom is 0.322 e. The van der Waals surface area contributed by atoms with Crippen LogP contribution in [0.1, 0.15) is 25.2 Å². The molecule has 0 bridgehead atoms. The van der Waals surface area contributed by atoms with E-state index >= 15 is 0 Å². The fraction of sp³-hybridized carbons (Fsp3) is 0.222. The van der Waals surface area contributed by atoms with Gasteiger partial charge in [-0.25, -0.2) is 9.78 Å². The molecule has 1 N–H and O–H groups in total. The number of halogens is 1. The Bertz CT molecular complexity index is 1370. The third kappa shape index (κ3) is 5.44. The number of ether oxygens (including phenoxy) is 1. The molecule has 8 heteroatoms. The number of carbonyl (C=O) groups is 1. The van der Waals surface area contributed by atoms with Crippen molar-refractivity contribution in [3.05, 3.63) is 99.5 Å². The molecular formula is C27H27BrN4O3. The summed E-state index contributed by atoms with van der Waals surface area (Å²) >= 11 is 3.44. The van der Waals surface area contributed by atoms with Crippen LogP contribution < -0.4 is 10.9 Å². The third-order valence-electron chi connectivity index (χ3n) is 5.75. The predicted octanol–water partition coefficient (Wildman–Crippen LogP) is 5.78. The molecule has 4 rings (SSSR count). The van der Waals surface area contributed by atoms with Crippen LogP contribution in [0.4, 0.5) is 10.5 Å². The van der Waals surface area contributed by atoms with Crippen LogP contribution in [0, 0.1) is 0 Å². The predicted molar refractivity (Wildman–Crippen MR) is 142 cm³/mol. The SMILES string of the molecule is CCC(c1nc2ccccc2c(=O)n1-c1ccccc1)N(CCOC)C(=O)Nc1cccc(Br)c1. The van der Waals surface area contributed by atoms with Crippen LogP contribution in [0.3, 0.4) is 0 Å². The zero-order chi connectivity index (χ0) is 24.8. The van der Waals surface area contributed by atoms with Gasteiger partial charge in [-0.1, -0.05) is 59.3 Å².